The second-order valence-electron chi connectivity index (χ2n) is 5.60. The first-order chi connectivity index (χ1) is 9.36. The molecule has 0 aliphatic heterocycles. The van der Waals surface area contributed by atoms with Crippen LogP contribution in [-0.4, -0.2) is 22.9 Å². The quantitative estimate of drug-likeness (QED) is 0.854. The number of esters is 1. The molecule has 0 radical (unpaired) electrons. The molecule has 0 aliphatic carbocycles. The normalized spacial score (nSPS) is 11.4. The van der Waals surface area contributed by atoms with Crippen molar-refractivity contribution < 1.29 is 9.53 Å². The van der Waals surface area contributed by atoms with Gasteiger partial charge in [-0.25, -0.2) is 9.48 Å². The topological polar surface area (TPSA) is 70.1 Å². The maximum atomic E-state index is 11.9. The van der Waals surface area contributed by atoms with Gasteiger partial charge in [0, 0.05) is 5.56 Å². The molecule has 5 nitrogen and oxygen atoms in total. The number of methoxy groups -OCH3 is 1. The highest BCUT2D eigenvalue weighted by Crippen LogP contribution is 2.32. The first kappa shape index (κ1) is 14.1. The number of aromatic nitrogens is 2. The molecular weight excluding hydrogens is 254 g/mol. The van der Waals surface area contributed by atoms with E-state index in [-0.39, 0.29) is 11.1 Å². The van der Waals surface area contributed by atoms with Crippen LogP contribution in [0.1, 0.15) is 36.8 Å². The number of carbonyl (C=O) groups excluding carboxylic acids is 1. The van der Waals surface area contributed by atoms with E-state index in [0.29, 0.717) is 11.4 Å². The first-order valence-corrected chi connectivity index (χ1v) is 6.39. The molecule has 0 bridgehead atoms. The summed E-state index contributed by atoms with van der Waals surface area (Å²) < 4.78 is 6.38. The molecule has 106 valence electrons. The van der Waals surface area contributed by atoms with E-state index in [4.69, 9.17) is 10.5 Å². The number of benzene rings is 1. The summed E-state index contributed by atoms with van der Waals surface area (Å²) in [6.07, 6.45) is 0. The van der Waals surface area contributed by atoms with Gasteiger partial charge in [-0.2, -0.15) is 5.10 Å². The third-order valence-corrected chi connectivity index (χ3v) is 3.05. The molecule has 2 rings (SSSR count). The Morgan fingerprint density at radius 3 is 2.35 bits per heavy atom. The average Bonchev–Trinajstić information content (AvgIpc) is 2.76. The number of hydrogen-bond donors (Lipinski definition) is 1. The molecule has 1 aromatic heterocycles. The number of hydrogen-bond acceptors (Lipinski definition) is 4. The predicted molar refractivity (Wildman–Crippen MR) is 78.0 cm³/mol. The zero-order valence-corrected chi connectivity index (χ0v) is 12.2. The zero-order chi connectivity index (χ0) is 14.9. The standard InChI is InChI=1S/C15H19N3O2/c1-15(2,3)11-12(14(19)20-4)17-18(13(11)16)10-8-6-5-7-9-10/h5-9H,16H2,1-4H3. The highest BCUT2D eigenvalue weighted by atomic mass is 16.5. The van der Waals surface area contributed by atoms with Gasteiger partial charge in [-0.05, 0) is 17.5 Å². The van der Waals surface area contributed by atoms with E-state index in [1.165, 1.54) is 7.11 Å². The molecule has 0 saturated carbocycles. The lowest BCUT2D eigenvalue weighted by Crippen LogP contribution is -2.18. The largest absolute Gasteiger partial charge is 0.464 e. The van der Waals surface area contributed by atoms with Crippen molar-refractivity contribution >= 4 is 11.8 Å². The fraction of sp³-hybridized carbons (Fsp3) is 0.333. The summed E-state index contributed by atoms with van der Waals surface area (Å²) in [6, 6.07) is 9.47. The second kappa shape index (κ2) is 5.00. The maximum Gasteiger partial charge on any atom is 0.358 e. The number of anilines is 1. The summed E-state index contributed by atoms with van der Waals surface area (Å²) in [5, 5.41) is 4.33. The van der Waals surface area contributed by atoms with Crippen LogP contribution in [0, 0.1) is 0 Å². The van der Waals surface area contributed by atoms with Gasteiger partial charge in [-0.15, -0.1) is 0 Å². The average molecular weight is 273 g/mol. The molecule has 1 aromatic carbocycles. The molecule has 0 saturated heterocycles. The fourth-order valence-corrected chi connectivity index (χ4v) is 2.18. The smallest absolute Gasteiger partial charge is 0.358 e. The molecular formula is C15H19N3O2. The molecule has 0 amide bonds. The minimum atomic E-state index is -0.476. The summed E-state index contributed by atoms with van der Waals surface area (Å²) in [5.74, 6) is -0.0135. The summed E-state index contributed by atoms with van der Waals surface area (Å²) in [6.45, 7) is 5.96. The van der Waals surface area contributed by atoms with Gasteiger partial charge in [0.05, 0.1) is 12.8 Å². The number of nitrogen functional groups attached to an aromatic ring is 1. The zero-order valence-electron chi connectivity index (χ0n) is 12.2. The third kappa shape index (κ3) is 2.39. The lowest BCUT2D eigenvalue weighted by atomic mass is 9.86. The third-order valence-electron chi connectivity index (χ3n) is 3.05. The van der Waals surface area contributed by atoms with Crippen LogP contribution < -0.4 is 5.73 Å². The van der Waals surface area contributed by atoms with E-state index in [2.05, 4.69) is 5.10 Å². The first-order valence-electron chi connectivity index (χ1n) is 6.39. The van der Waals surface area contributed by atoms with Crippen LogP contribution in [0.4, 0.5) is 5.82 Å². The lowest BCUT2D eigenvalue weighted by molar-refractivity contribution is 0.0590. The molecule has 2 N–H and O–H groups in total. The van der Waals surface area contributed by atoms with Gasteiger partial charge in [-0.3, -0.25) is 0 Å². The summed E-state index contributed by atoms with van der Waals surface area (Å²) in [4.78, 5) is 11.9. The van der Waals surface area contributed by atoms with Crippen LogP contribution in [0.2, 0.25) is 0 Å². The summed E-state index contributed by atoms with van der Waals surface area (Å²) in [5.41, 5.74) is 7.68. The van der Waals surface area contributed by atoms with Crippen molar-refractivity contribution in [1.82, 2.24) is 9.78 Å². The Morgan fingerprint density at radius 1 is 1.25 bits per heavy atom. The van der Waals surface area contributed by atoms with Crippen molar-refractivity contribution in [2.75, 3.05) is 12.8 Å². The Labute approximate surface area is 118 Å². The van der Waals surface area contributed by atoms with E-state index in [0.717, 1.165) is 5.69 Å². The van der Waals surface area contributed by atoms with Crippen LogP contribution >= 0.6 is 0 Å². The number of carbonyl (C=O) groups is 1. The summed E-state index contributed by atoms with van der Waals surface area (Å²) >= 11 is 0. The predicted octanol–water partition coefficient (Wildman–Crippen LogP) is 2.54. The van der Waals surface area contributed by atoms with Gasteiger partial charge < -0.3 is 10.5 Å². The molecule has 1 heterocycles. The van der Waals surface area contributed by atoms with E-state index in [9.17, 15) is 4.79 Å². The number of ether oxygens (including phenoxy) is 1. The number of rotatable bonds is 2. The number of para-hydroxylation sites is 1. The van der Waals surface area contributed by atoms with Crippen LogP contribution in [0.15, 0.2) is 30.3 Å². The van der Waals surface area contributed by atoms with Gasteiger partial charge in [0.25, 0.3) is 0 Å². The van der Waals surface area contributed by atoms with Gasteiger partial charge in [0.2, 0.25) is 0 Å². The lowest BCUT2D eigenvalue weighted by Gasteiger charge is -2.19. The van der Waals surface area contributed by atoms with Crippen molar-refractivity contribution in [3.05, 3.63) is 41.6 Å². The highest BCUT2D eigenvalue weighted by Gasteiger charge is 2.30. The Kier molecular flexibility index (Phi) is 3.53. The van der Waals surface area contributed by atoms with Gasteiger partial charge >= 0.3 is 5.97 Å². The molecule has 0 fully saturated rings. The van der Waals surface area contributed by atoms with E-state index in [1.807, 2.05) is 51.1 Å². The van der Waals surface area contributed by atoms with Gasteiger partial charge in [-0.1, -0.05) is 39.0 Å². The molecule has 2 aromatic rings. The van der Waals surface area contributed by atoms with E-state index in [1.54, 1.807) is 4.68 Å². The Morgan fingerprint density at radius 2 is 1.85 bits per heavy atom. The number of nitrogens with two attached hydrogens (primary N) is 1. The number of nitrogens with zero attached hydrogens (tertiary/aromatic N) is 2. The molecule has 0 spiro atoms. The SMILES string of the molecule is COC(=O)c1nn(-c2ccccc2)c(N)c1C(C)(C)C. The van der Waals surface area contributed by atoms with Crippen LogP contribution in [-0.2, 0) is 10.2 Å². The minimum absolute atomic E-state index is 0.265. The van der Waals surface area contributed by atoms with Crippen molar-refractivity contribution in [3.63, 3.8) is 0 Å². The van der Waals surface area contributed by atoms with Crippen LogP contribution in [0.25, 0.3) is 5.69 Å². The Bertz CT molecular complexity index is 625. The highest BCUT2D eigenvalue weighted by molar-refractivity contribution is 5.91. The minimum Gasteiger partial charge on any atom is -0.464 e. The van der Waals surface area contributed by atoms with E-state index >= 15 is 0 Å². The van der Waals surface area contributed by atoms with Crippen LogP contribution in [0.3, 0.4) is 0 Å². The van der Waals surface area contributed by atoms with Gasteiger partial charge in [0.15, 0.2) is 5.69 Å². The monoisotopic (exact) mass is 273 g/mol. The van der Waals surface area contributed by atoms with E-state index < -0.39 is 5.97 Å². The Balaban J connectivity index is 2.68. The van der Waals surface area contributed by atoms with Crippen molar-refractivity contribution in [2.24, 2.45) is 0 Å². The molecule has 20 heavy (non-hydrogen) atoms. The Hall–Kier alpha value is -2.30. The van der Waals surface area contributed by atoms with Gasteiger partial charge in [0.1, 0.15) is 5.82 Å². The summed E-state index contributed by atoms with van der Waals surface area (Å²) in [7, 11) is 1.34. The van der Waals surface area contributed by atoms with Crippen molar-refractivity contribution in [1.29, 1.82) is 0 Å². The molecule has 5 heteroatoms. The second-order valence-corrected chi connectivity index (χ2v) is 5.60. The fourth-order valence-electron chi connectivity index (χ4n) is 2.18. The maximum absolute atomic E-state index is 11.9. The van der Waals surface area contributed by atoms with Crippen molar-refractivity contribution in [3.8, 4) is 5.69 Å². The molecule has 0 unspecified atom stereocenters. The van der Waals surface area contributed by atoms with Crippen LogP contribution in [0.5, 0.6) is 0 Å². The van der Waals surface area contributed by atoms with Crippen molar-refractivity contribution in [2.45, 2.75) is 26.2 Å². The molecule has 0 atom stereocenters. The molecule has 0 aliphatic rings.